The van der Waals surface area contributed by atoms with Gasteiger partial charge in [-0.1, -0.05) is 44.2 Å². The number of hydrogen-bond donors (Lipinski definition) is 1. The van der Waals surface area contributed by atoms with Crippen molar-refractivity contribution in [2.24, 2.45) is 5.92 Å². The molecule has 1 saturated carbocycles. The molecular formula is C22H29NO3. The van der Waals surface area contributed by atoms with Crippen LogP contribution in [-0.2, 0) is 20.7 Å². The van der Waals surface area contributed by atoms with Crippen LogP contribution in [0.4, 0.5) is 0 Å². The molecule has 2 aliphatic rings. The van der Waals surface area contributed by atoms with Gasteiger partial charge in [-0.3, -0.25) is 4.79 Å². The SMILES string of the molecule is CC[C@@H](Cc1ccccc1)NC(=O)C1=C(C)C(=O)OC12CCC(C)CC2. The van der Waals surface area contributed by atoms with E-state index in [9.17, 15) is 9.59 Å². The average Bonchev–Trinajstić information content (AvgIpc) is 2.88. The van der Waals surface area contributed by atoms with Crippen molar-refractivity contribution in [3.8, 4) is 0 Å². The lowest BCUT2D eigenvalue weighted by Crippen LogP contribution is -2.45. The van der Waals surface area contributed by atoms with E-state index in [2.05, 4.69) is 31.3 Å². The molecule has 1 heterocycles. The zero-order valence-electron chi connectivity index (χ0n) is 16.0. The van der Waals surface area contributed by atoms with Gasteiger partial charge in [0.25, 0.3) is 5.91 Å². The van der Waals surface area contributed by atoms with Gasteiger partial charge in [-0.05, 0) is 56.9 Å². The topological polar surface area (TPSA) is 55.4 Å². The summed E-state index contributed by atoms with van der Waals surface area (Å²) in [5, 5.41) is 3.16. The molecule has 1 fully saturated rings. The van der Waals surface area contributed by atoms with Crippen LogP contribution in [-0.4, -0.2) is 23.5 Å². The highest BCUT2D eigenvalue weighted by Crippen LogP contribution is 2.45. The largest absolute Gasteiger partial charge is 0.451 e. The van der Waals surface area contributed by atoms with E-state index >= 15 is 0 Å². The summed E-state index contributed by atoms with van der Waals surface area (Å²) in [7, 11) is 0. The van der Waals surface area contributed by atoms with Gasteiger partial charge in [0.2, 0.25) is 0 Å². The molecule has 26 heavy (non-hydrogen) atoms. The number of hydrogen-bond acceptors (Lipinski definition) is 3. The fourth-order valence-electron chi connectivity index (χ4n) is 4.16. The van der Waals surface area contributed by atoms with Crippen molar-refractivity contribution >= 4 is 11.9 Å². The summed E-state index contributed by atoms with van der Waals surface area (Å²) >= 11 is 0. The Balaban J connectivity index is 1.77. The minimum Gasteiger partial charge on any atom is -0.451 e. The second-order valence-corrected chi connectivity index (χ2v) is 7.83. The molecule has 1 spiro atoms. The molecule has 0 aromatic heterocycles. The molecule has 3 rings (SSSR count). The Hall–Kier alpha value is -2.10. The number of esters is 1. The lowest BCUT2D eigenvalue weighted by atomic mass is 9.75. The van der Waals surface area contributed by atoms with Gasteiger partial charge in [-0.25, -0.2) is 4.79 Å². The van der Waals surface area contributed by atoms with Crippen LogP contribution in [0.2, 0.25) is 0 Å². The highest BCUT2D eigenvalue weighted by Gasteiger charge is 2.50. The summed E-state index contributed by atoms with van der Waals surface area (Å²) in [4.78, 5) is 25.3. The molecule has 4 nitrogen and oxygen atoms in total. The summed E-state index contributed by atoms with van der Waals surface area (Å²) in [5.74, 6) is 0.150. The van der Waals surface area contributed by atoms with Crippen LogP contribution >= 0.6 is 0 Å². The summed E-state index contributed by atoms with van der Waals surface area (Å²) in [6.45, 7) is 6.01. The van der Waals surface area contributed by atoms with Gasteiger partial charge in [-0.2, -0.15) is 0 Å². The van der Waals surface area contributed by atoms with Crippen LogP contribution in [0.15, 0.2) is 41.5 Å². The van der Waals surface area contributed by atoms with Crippen molar-refractivity contribution < 1.29 is 14.3 Å². The number of carbonyl (C=O) groups excluding carboxylic acids is 2. The van der Waals surface area contributed by atoms with Crippen LogP contribution < -0.4 is 5.32 Å². The number of nitrogens with one attached hydrogen (secondary N) is 1. The Labute approximate surface area is 156 Å². The lowest BCUT2D eigenvalue weighted by molar-refractivity contribution is -0.150. The Kier molecular flexibility index (Phi) is 5.49. The zero-order chi connectivity index (χ0) is 18.7. The highest BCUT2D eigenvalue weighted by molar-refractivity contribution is 6.07. The van der Waals surface area contributed by atoms with E-state index in [1.165, 1.54) is 5.56 Å². The van der Waals surface area contributed by atoms with E-state index in [-0.39, 0.29) is 17.9 Å². The van der Waals surface area contributed by atoms with Gasteiger partial charge in [0.05, 0.1) is 5.57 Å². The monoisotopic (exact) mass is 355 g/mol. The molecular weight excluding hydrogens is 326 g/mol. The van der Waals surface area contributed by atoms with Crippen LogP contribution in [0.25, 0.3) is 0 Å². The molecule has 0 saturated heterocycles. The number of rotatable bonds is 5. The second-order valence-electron chi connectivity index (χ2n) is 7.83. The highest BCUT2D eigenvalue weighted by atomic mass is 16.6. The van der Waals surface area contributed by atoms with E-state index in [4.69, 9.17) is 4.74 Å². The van der Waals surface area contributed by atoms with Crippen LogP contribution in [0.5, 0.6) is 0 Å². The molecule has 1 aliphatic carbocycles. The summed E-state index contributed by atoms with van der Waals surface area (Å²) in [6.07, 6.45) is 5.09. The maximum Gasteiger partial charge on any atom is 0.335 e. The van der Waals surface area contributed by atoms with Gasteiger partial charge >= 0.3 is 5.97 Å². The summed E-state index contributed by atoms with van der Waals surface area (Å²) < 4.78 is 5.74. The molecule has 1 N–H and O–H groups in total. The van der Waals surface area contributed by atoms with Crippen molar-refractivity contribution in [2.45, 2.75) is 70.9 Å². The predicted octanol–water partition coefficient (Wildman–Crippen LogP) is 3.95. The quantitative estimate of drug-likeness (QED) is 0.814. The number of ether oxygens (including phenoxy) is 1. The van der Waals surface area contributed by atoms with Gasteiger partial charge in [0, 0.05) is 11.6 Å². The third-order valence-electron chi connectivity index (χ3n) is 5.89. The smallest absolute Gasteiger partial charge is 0.335 e. The van der Waals surface area contributed by atoms with Crippen molar-refractivity contribution in [3.63, 3.8) is 0 Å². The molecule has 140 valence electrons. The van der Waals surface area contributed by atoms with Gasteiger partial charge < -0.3 is 10.1 Å². The van der Waals surface area contributed by atoms with Crippen LogP contribution in [0, 0.1) is 5.92 Å². The fraction of sp³-hybridized carbons (Fsp3) is 0.545. The first-order valence-electron chi connectivity index (χ1n) is 9.74. The van der Waals surface area contributed by atoms with Crippen molar-refractivity contribution in [3.05, 3.63) is 47.0 Å². The van der Waals surface area contributed by atoms with Crippen molar-refractivity contribution in [2.75, 3.05) is 0 Å². The molecule has 1 amide bonds. The van der Waals surface area contributed by atoms with Crippen LogP contribution in [0.3, 0.4) is 0 Å². The fourth-order valence-corrected chi connectivity index (χ4v) is 4.16. The first-order valence-corrected chi connectivity index (χ1v) is 9.74. The zero-order valence-corrected chi connectivity index (χ0v) is 16.0. The maximum absolute atomic E-state index is 13.1. The Morgan fingerprint density at radius 3 is 2.54 bits per heavy atom. The molecule has 1 atom stereocenters. The van der Waals surface area contributed by atoms with E-state index in [0.29, 0.717) is 17.1 Å². The Bertz CT molecular complexity index is 699. The minimum atomic E-state index is -0.706. The second kappa shape index (κ2) is 7.65. The molecule has 0 bridgehead atoms. The average molecular weight is 355 g/mol. The third-order valence-corrected chi connectivity index (χ3v) is 5.89. The van der Waals surface area contributed by atoms with Gasteiger partial charge in [0.1, 0.15) is 5.60 Å². The number of carbonyl (C=O) groups is 2. The molecule has 4 heteroatoms. The lowest BCUT2D eigenvalue weighted by Gasteiger charge is -2.36. The number of amides is 1. The summed E-state index contributed by atoms with van der Waals surface area (Å²) in [6, 6.07) is 10.2. The number of benzene rings is 1. The van der Waals surface area contributed by atoms with E-state index in [1.807, 2.05) is 18.2 Å². The van der Waals surface area contributed by atoms with Crippen molar-refractivity contribution in [1.29, 1.82) is 0 Å². The van der Waals surface area contributed by atoms with E-state index < -0.39 is 5.60 Å². The first kappa shape index (κ1) is 18.7. The molecule has 1 aliphatic heterocycles. The third kappa shape index (κ3) is 3.69. The molecule has 0 unspecified atom stereocenters. The van der Waals surface area contributed by atoms with E-state index in [0.717, 1.165) is 38.5 Å². The standard InChI is InChI=1S/C22H29NO3/c1-4-18(14-17-8-6-5-7-9-17)23-20(24)19-16(3)21(25)26-22(19)12-10-15(2)11-13-22/h5-9,15,18H,4,10-14H2,1-3H3,(H,23,24)/t15?,18-,22?/m0/s1. The summed E-state index contributed by atoms with van der Waals surface area (Å²) in [5.41, 5.74) is 1.54. The minimum absolute atomic E-state index is 0.0421. The van der Waals surface area contributed by atoms with Crippen LogP contribution in [0.1, 0.15) is 58.4 Å². The van der Waals surface area contributed by atoms with Gasteiger partial charge in [-0.15, -0.1) is 0 Å². The van der Waals surface area contributed by atoms with Gasteiger partial charge in [0.15, 0.2) is 0 Å². The molecule has 1 aromatic rings. The van der Waals surface area contributed by atoms with Crippen molar-refractivity contribution in [1.82, 2.24) is 5.32 Å². The Morgan fingerprint density at radius 1 is 1.27 bits per heavy atom. The molecule has 1 aromatic carbocycles. The van der Waals surface area contributed by atoms with E-state index in [1.54, 1.807) is 6.92 Å². The molecule has 0 radical (unpaired) electrons. The normalized spacial score (nSPS) is 26.7. The predicted molar refractivity (Wildman–Crippen MR) is 102 cm³/mol. The Morgan fingerprint density at radius 2 is 1.92 bits per heavy atom. The maximum atomic E-state index is 13.1. The first-order chi connectivity index (χ1) is 12.4.